The number of nitrogens with two attached hydrogens (primary N) is 1. The highest BCUT2D eigenvalue weighted by Gasteiger charge is 2.30. The zero-order valence-corrected chi connectivity index (χ0v) is 11.6. The number of carbonyl (C=O) groups is 1. The zero-order chi connectivity index (χ0) is 13.3. The van der Waals surface area contributed by atoms with Gasteiger partial charge in [0.1, 0.15) is 0 Å². The van der Waals surface area contributed by atoms with Crippen molar-refractivity contribution in [3.05, 3.63) is 28.8 Å². The second-order valence-electron chi connectivity index (χ2n) is 5.07. The summed E-state index contributed by atoms with van der Waals surface area (Å²) in [5, 5.41) is 0.546. The molecule has 1 aromatic carbocycles. The molecule has 0 radical (unpaired) electrons. The molecule has 0 saturated carbocycles. The lowest BCUT2D eigenvalue weighted by Gasteiger charge is -2.39. The lowest BCUT2D eigenvalue weighted by Crippen LogP contribution is -2.47. The minimum Gasteiger partial charge on any atom is -0.398 e. The van der Waals surface area contributed by atoms with Crippen molar-refractivity contribution >= 4 is 23.2 Å². The minimum absolute atomic E-state index is 0.00491. The third-order valence-corrected chi connectivity index (χ3v) is 3.91. The highest BCUT2D eigenvalue weighted by molar-refractivity contribution is 6.31. The molecule has 18 heavy (non-hydrogen) atoms. The van der Waals surface area contributed by atoms with Gasteiger partial charge in [-0.05, 0) is 51.3 Å². The monoisotopic (exact) mass is 266 g/mol. The van der Waals surface area contributed by atoms with E-state index < -0.39 is 0 Å². The van der Waals surface area contributed by atoms with Gasteiger partial charge in [-0.15, -0.1) is 0 Å². The summed E-state index contributed by atoms with van der Waals surface area (Å²) in [6.07, 6.45) is 3.28. The summed E-state index contributed by atoms with van der Waals surface area (Å²) in [4.78, 5) is 14.5. The van der Waals surface area contributed by atoms with E-state index in [1.165, 1.54) is 6.42 Å². The first-order valence-corrected chi connectivity index (χ1v) is 6.76. The number of benzene rings is 1. The standard InChI is InChI=1S/C14H19ClN2O/c1-9-4-3-5-10(2)17(9)14(18)12-8-11(15)6-7-13(12)16/h6-10H,3-5,16H2,1-2H3. The molecule has 1 fully saturated rings. The van der Waals surface area contributed by atoms with Gasteiger partial charge in [-0.1, -0.05) is 11.6 Å². The third kappa shape index (κ3) is 2.46. The highest BCUT2D eigenvalue weighted by atomic mass is 35.5. The van der Waals surface area contributed by atoms with Crippen molar-refractivity contribution in [2.75, 3.05) is 5.73 Å². The molecule has 1 heterocycles. The normalized spacial score (nSPS) is 24.1. The van der Waals surface area contributed by atoms with E-state index in [2.05, 4.69) is 13.8 Å². The van der Waals surface area contributed by atoms with E-state index in [1.807, 2.05) is 4.90 Å². The Morgan fingerprint density at radius 1 is 1.33 bits per heavy atom. The number of nitrogen functional groups attached to an aromatic ring is 1. The van der Waals surface area contributed by atoms with Crippen molar-refractivity contribution in [3.63, 3.8) is 0 Å². The average molecular weight is 267 g/mol. The summed E-state index contributed by atoms with van der Waals surface area (Å²) >= 11 is 5.95. The van der Waals surface area contributed by atoms with E-state index in [0.29, 0.717) is 16.3 Å². The maximum Gasteiger partial charge on any atom is 0.256 e. The van der Waals surface area contributed by atoms with Crippen LogP contribution in [0, 0.1) is 0 Å². The second-order valence-corrected chi connectivity index (χ2v) is 5.51. The first-order valence-electron chi connectivity index (χ1n) is 6.38. The van der Waals surface area contributed by atoms with Crippen LogP contribution < -0.4 is 5.73 Å². The van der Waals surface area contributed by atoms with Crippen molar-refractivity contribution in [2.24, 2.45) is 0 Å². The zero-order valence-electron chi connectivity index (χ0n) is 10.8. The van der Waals surface area contributed by atoms with Gasteiger partial charge in [-0.3, -0.25) is 4.79 Å². The number of piperidine rings is 1. The van der Waals surface area contributed by atoms with E-state index in [-0.39, 0.29) is 18.0 Å². The fraction of sp³-hybridized carbons (Fsp3) is 0.500. The van der Waals surface area contributed by atoms with Gasteiger partial charge in [0.05, 0.1) is 5.56 Å². The lowest BCUT2D eigenvalue weighted by atomic mass is 9.96. The Hall–Kier alpha value is -1.22. The number of hydrogen-bond donors (Lipinski definition) is 1. The number of anilines is 1. The van der Waals surface area contributed by atoms with Crippen molar-refractivity contribution in [1.82, 2.24) is 4.90 Å². The van der Waals surface area contributed by atoms with Crippen LogP contribution in [-0.4, -0.2) is 22.9 Å². The molecule has 1 amide bonds. The maximum atomic E-state index is 12.6. The molecule has 4 heteroatoms. The van der Waals surface area contributed by atoms with Crippen molar-refractivity contribution in [1.29, 1.82) is 0 Å². The molecule has 2 rings (SSSR count). The molecular weight excluding hydrogens is 248 g/mol. The first kappa shape index (κ1) is 13.2. The molecule has 0 aliphatic carbocycles. The largest absolute Gasteiger partial charge is 0.398 e. The molecule has 1 saturated heterocycles. The Morgan fingerprint density at radius 3 is 2.56 bits per heavy atom. The first-order chi connectivity index (χ1) is 8.50. The molecule has 1 aliphatic rings. The molecule has 0 aromatic heterocycles. The third-order valence-electron chi connectivity index (χ3n) is 3.67. The molecule has 1 aromatic rings. The van der Waals surface area contributed by atoms with Crippen LogP contribution in [0.15, 0.2) is 18.2 Å². The highest BCUT2D eigenvalue weighted by Crippen LogP contribution is 2.27. The summed E-state index contributed by atoms with van der Waals surface area (Å²) in [5.41, 5.74) is 6.89. The van der Waals surface area contributed by atoms with Crippen LogP contribution in [0.2, 0.25) is 5.02 Å². The smallest absolute Gasteiger partial charge is 0.256 e. The number of nitrogens with zero attached hydrogens (tertiary/aromatic N) is 1. The van der Waals surface area contributed by atoms with Crippen LogP contribution in [0.5, 0.6) is 0 Å². The van der Waals surface area contributed by atoms with Crippen LogP contribution in [0.3, 0.4) is 0 Å². The van der Waals surface area contributed by atoms with Crippen LogP contribution in [0.4, 0.5) is 5.69 Å². The predicted molar refractivity (Wildman–Crippen MR) is 74.8 cm³/mol. The summed E-state index contributed by atoms with van der Waals surface area (Å²) in [6, 6.07) is 5.58. The molecule has 2 N–H and O–H groups in total. The Morgan fingerprint density at radius 2 is 1.94 bits per heavy atom. The number of hydrogen-bond acceptors (Lipinski definition) is 2. The van der Waals surface area contributed by atoms with Crippen molar-refractivity contribution < 1.29 is 4.79 Å². The van der Waals surface area contributed by atoms with Gasteiger partial charge in [0, 0.05) is 22.8 Å². The number of rotatable bonds is 1. The Kier molecular flexibility index (Phi) is 3.81. The SMILES string of the molecule is CC1CCCC(C)N1C(=O)c1cc(Cl)ccc1N. The molecule has 98 valence electrons. The number of amides is 1. The molecule has 3 nitrogen and oxygen atoms in total. The van der Waals surface area contributed by atoms with Crippen LogP contribution in [-0.2, 0) is 0 Å². The van der Waals surface area contributed by atoms with Gasteiger partial charge in [0.2, 0.25) is 0 Å². The number of halogens is 1. The second kappa shape index (κ2) is 5.19. The molecular formula is C14H19ClN2O. The van der Waals surface area contributed by atoms with Crippen LogP contribution in [0.25, 0.3) is 0 Å². The van der Waals surface area contributed by atoms with Gasteiger partial charge < -0.3 is 10.6 Å². The quantitative estimate of drug-likeness (QED) is 0.793. The molecule has 0 spiro atoms. The summed E-state index contributed by atoms with van der Waals surface area (Å²) in [7, 11) is 0. The molecule has 1 aliphatic heterocycles. The minimum atomic E-state index is -0.00491. The molecule has 2 atom stereocenters. The fourth-order valence-electron chi connectivity index (χ4n) is 2.67. The average Bonchev–Trinajstić information content (AvgIpc) is 2.32. The number of carbonyl (C=O) groups excluding carboxylic acids is 1. The van der Waals surface area contributed by atoms with Gasteiger partial charge in [0.15, 0.2) is 0 Å². The molecule has 0 bridgehead atoms. The van der Waals surface area contributed by atoms with E-state index in [9.17, 15) is 4.79 Å². The summed E-state index contributed by atoms with van der Waals surface area (Å²) < 4.78 is 0. The Balaban J connectivity index is 2.32. The van der Waals surface area contributed by atoms with Gasteiger partial charge >= 0.3 is 0 Å². The Bertz CT molecular complexity index is 451. The van der Waals surface area contributed by atoms with Crippen LogP contribution >= 0.6 is 11.6 Å². The maximum absolute atomic E-state index is 12.6. The summed E-state index contributed by atoms with van der Waals surface area (Å²) in [5.74, 6) is -0.00491. The number of likely N-dealkylation sites (tertiary alicyclic amines) is 1. The summed E-state index contributed by atoms with van der Waals surface area (Å²) in [6.45, 7) is 4.18. The van der Waals surface area contributed by atoms with Crippen molar-refractivity contribution in [3.8, 4) is 0 Å². The fourth-order valence-corrected chi connectivity index (χ4v) is 2.85. The van der Waals surface area contributed by atoms with E-state index in [0.717, 1.165) is 12.8 Å². The van der Waals surface area contributed by atoms with E-state index >= 15 is 0 Å². The topological polar surface area (TPSA) is 46.3 Å². The van der Waals surface area contributed by atoms with E-state index in [4.69, 9.17) is 17.3 Å². The van der Waals surface area contributed by atoms with Gasteiger partial charge in [-0.25, -0.2) is 0 Å². The van der Waals surface area contributed by atoms with E-state index in [1.54, 1.807) is 18.2 Å². The van der Waals surface area contributed by atoms with Crippen molar-refractivity contribution in [2.45, 2.75) is 45.2 Å². The Labute approximate surface area is 113 Å². The predicted octanol–water partition coefficient (Wildman–Crippen LogP) is 3.33. The lowest BCUT2D eigenvalue weighted by molar-refractivity contribution is 0.0512. The van der Waals surface area contributed by atoms with Gasteiger partial charge in [0.25, 0.3) is 5.91 Å². The van der Waals surface area contributed by atoms with Crippen LogP contribution in [0.1, 0.15) is 43.5 Å². The van der Waals surface area contributed by atoms with Gasteiger partial charge in [-0.2, -0.15) is 0 Å². The molecule has 2 unspecified atom stereocenters.